The lowest BCUT2D eigenvalue weighted by Gasteiger charge is -2.30. The highest BCUT2D eigenvalue weighted by atomic mass is 32.2. The van der Waals surface area contributed by atoms with E-state index in [-0.39, 0.29) is 36.2 Å². The van der Waals surface area contributed by atoms with Crippen LogP contribution < -0.4 is 5.32 Å². The summed E-state index contributed by atoms with van der Waals surface area (Å²) in [4.78, 5) is 12.3. The highest BCUT2D eigenvalue weighted by Gasteiger charge is 2.31. The van der Waals surface area contributed by atoms with Gasteiger partial charge in [-0.15, -0.1) is 0 Å². The topological polar surface area (TPSA) is 66.5 Å². The van der Waals surface area contributed by atoms with Gasteiger partial charge < -0.3 is 5.32 Å². The van der Waals surface area contributed by atoms with E-state index in [0.29, 0.717) is 19.4 Å². The minimum absolute atomic E-state index is 0.0509. The normalized spacial score (nSPS) is 16.2. The molecule has 1 N–H and O–H groups in total. The summed E-state index contributed by atoms with van der Waals surface area (Å²) in [6.45, 7) is 1.02. The lowest BCUT2D eigenvalue weighted by Crippen LogP contribution is -2.43. The maximum atomic E-state index is 13.7. The number of rotatable bonds is 6. The Labute approximate surface area is 159 Å². The van der Waals surface area contributed by atoms with Crippen LogP contribution in [0.4, 0.5) is 4.39 Å². The van der Waals surface area contributed by atoms with Gasteiger partial charge in [-0.25, -0.2) is 17.1 Å². The van der Waals surface area contributed by atoms with E-state index in [2.05, 4.69) is 5.32 Å². The minimum atomic E-state index is -3.60. The highest BCUT2D eigenvalue weighted by molar-refractivity contribution is 7.88. The number of halogens is 1. The van der Waals surface area contributed by atoms with Gasteiger partial charge in [-0.1, -0.05) is 48.5 Å². The van der Waals surface area contributed by atoms with Crippen LogP contribution in [0.15, 0.2) is 54.6 Å². The molecule has 1 aliphatic heterocycles. The molecule has 0 aliphatic carbocycles. The van der Waals surface area contributed by atoms with E-state index >= 15 is 0 Å². The molecule has 0 bridgehead atoms. The van der Waals surface area contributed by atoms with Crippen molar-refractivity contribution < 1.29 is 17.6 Å². The van der Waals surface area contributed by atoms with Gasteiger partial charge in [0, 0.05) is 31.1 Å². The first kappa shape index (κ1) is 19.5. The van der Waals surface area contributed by atoms with E-state index in [4.69, 9.17) is 0 Å². The van der Waals surface area contributed by atoms with Gasteiger partial charge in [0.25, 0.3) is 0 Å². The Bertz CT molecular complexity index is 879. The third kappa shape index (κ3) is 5.14. The SMILES string of the molecule is O=C(NCc1ccccc1)C1CCN(S(=O)(=O)Cc2ccccc2F)CC1. The van der Waals surface area contributed by atoms with Crippen LogP contribution in [-0.2, 0) is 27.1 Å². The van der Waals surface area contributed by atoms with Gasteiger partial charge in [0.1, 0.15) is 5.82 Å². The monoisotopic (exact) mass is 390 g/mol. The van der Waals surface area contributed by atoms with Crippen molar-refractivity contribution in [2.75, 3.05) is 13.1 Å². The molecule has 0 aromatic heterocycles. The van der Waals surface area contributed by atoms with Crippen LogP contribution in [0.5, 0.6) is 0 Å². The van der Waals surface area contributed by atoms with Gasteiger partial charge in [-0.3, -0.25) is 4.79 Å². The molecule has 0 spiro atoms. The molecular formula is C20H23FN2O3S. The molecule has 1 fully saturated rings. The molecule has 2 aromatic carbocycles. The van der Waals surface area contributed by atoms with Crippen LogP contribution in [0.2, 0.25) is 0 Å². The standard InChI is InChI=1S/C20H23FN2O3S/c21-19-9-5-4-8-18(19)15-27(25,26)23-12-10-17(11-13-23)20(24)22-14-16-6-2-1-3-7-16/h1-9,17H,10-15H2,(H,22,24). The summed E-state index contributed by atoms with van der Waals surface area (Å²) in [6.07, 6.45) is 0.939. The van der Waals surface area contributed by atoms with Gasteiger partial charge >= 0.3 is 0 Å². The van der Waals surface area contributed by atoms with E-state index in [0.717, 1.165) is 5.56 Å². The quantitative estimate of drug-likeness (QED) is 0.825. The summed E-state index contributed by atoms with van der Waals surface area (Å²) in [5.74, 6) is -1.13. The van der Waals surface area contributed by atoms with Gasteiger partial charge in [-0.05, 0) is 24.5 Å². The number of carbonyl (C=O) groups is 1. The van der Waals surface area contributed by atoms with Gasteiger partial charge in [0.05, 0.1) is 5.75 Å². The number of sulfonamides is 1. The average molecular weight is 390 g/mol. The van der Waals surface area contributed by atoms with Gasteiger partial charge in [-0.2, -0.15) is 0 Å². The van der Waals surface area contributed by atoms with Gasteiger partial charge in [0.2, 0.25) is 15.9 Å². The maximum Gasteiger partial charge on any atom is 0.223 e. The smallest absolute Gasteiger partial charge is 0.223 e. The number of amides is 1. The fourth-order valence-corrected chi connectivity index (χ4v) is 4.81. The summed E-state index contributed by atoms with van der Waals surface area (Å²) in [5.41, 5.74) is 1.19. The number of hydrogen-bond donors (Lipinski definition) is 1. The van der Waals surface area contributed by atoms with E-state index in [1.54, 1.807) is 6.07 Å². The number of benzene rings is 2. The zero-order chi connectivity index (χ0) is 19.3. The second-order valence-electron chi connectivity index (χ2n) is 6.72. The van der Waals surface area contributed by atoms with Crippen molar-refractivity contribution in [3.8, 4) is 0 Å². The first-order chi connectivity index (χ1) is 13.0. The molecule has 1 amide bonds. The summed E-state index contributed by atoms with van der Waals surface area (Å²) in [5, 5.41) is 2.91. The molecule has 0 atom stereocenters. The Hall–Kier alpha value is -2.25. The van der Waals surface area contributed by atoms with Crippen molar-refractivity contribution in [3.05, 3.63) is 71.5 Å². The van der Waals surface area contributed by atoms with E-state index in [1.165, 1.54) is 22.5 Å². The second kappa shape index (κ2) is 8.63. The lowest BCUT2D eigenvalue weighted by molar-refractivity contribution is -0.126. The predicted molar refractivity (Wildman–Crippen MR) is 102 cm³/mol. The molecule has 2 aromatic rings. The molecule has 0 saturated carbocycles. The molecular weight excluding hydrogens is 367 g/mol. The van der Waals surface area contributed by atoms with Crippen LogP contribution in [0.25, 0.3) is 0 Å². The third-order valence-electron chi connectivity index (χ3n) is 4.82. The number of carbonyl (C=O) groups excluding carboxylic acids is 1. The van der Waals surface area contributed by atoms with Crippen LogP contribution in [0.1, 0.15) is 24.0 Å². The number of piperidine rings is 1. The van der Waals surface area contributed by atoms with Gasteiger partial charge in [0.15, 0.2) is 0 Å². The average Bonchev–Trinajstić information content (AvgIpc) is 2.69. The Morgan fingerprint density at radius 2 is 1.67 bits per heavy atom. The third-order valence-corrected chi connectivity index (χ3v) is 6.65. The Kier molecular flexibility index (Phi) is 6.23. The van der Waals surface area contributed by atoms with Crippen LogP contribution in [0, 0.1) is 11.7 Å². The molecule has 144 valence electrons. The Morgan fingerprint density at radius 1 is 1.04 bits per heavy atom. The highest BCUT2D eigenvalue weighted by Crippen LogP contribution is 2.22. The fraction of sp³-hybridized carbons (Fsp3) is 0.350. The maximum absolute atomic E-state index is 13.7. The molecule has 1 heterocycles. The lowest BCUT2D eigenvalue weighted by atomic mass is 9.97. The van der Waals surface area contributed by atoms with Crippen LogP contribution in [-0.4, -0.2) is 31.7 Å². The summed E-state index contributed by atoms with van der Waals surface area (Å²) in [7, 11) is -3.60. The zero-order valence-electron chi connectivity index (χ0n) is 15.0. The zero-order valence-corrected chi connectivity index (χ0v) is 15.8. The van der Waals surface area contributed by atoms with E-state index in [9.17, 15) is 17.6 Å². The van der Waals surface area contributed by atoms with E-state index in [1.807, 2.05) is 30.3 Å². The summed E-state index contributed by atoms with van der Waals surface area (Å²) >= 11 is 0. The second-order valence-corrected chi connectivity index (χ2v) is 8.69. The first-order valence-electron chi connectivity index (χ1n) is 8.98. The van der Waals surface area contributed by atoms with Crippen LogP contribution >= 0.6 is 0 Å². The largest absolute Gasteiger partial charge is 0.352 e. The molecule has 0 unspecified atom stereocenters. The number of nitrogens with zero attached hydrogens (tertiary/aromatic N) is 1. The van der Waals surface area contributed by atoms with Crippen LogP contribution in [0.3, 0.4) is 0 Å². The summed E-state index contributed by atoms with van der Waals surface area (Å²) in [6, 6.07) is 15.5. The molecule has 1 aliphatic rings. The molecule has 0 radical (unpaired) electrons. The number of hydrogen-bond acceptors (Lipinski definition) is 3. The molecule has 27 heavy (non-hydrogen) atoms. The van der Waals surface area contributed by atoms with E-state index < -0.39 is 15.8 Å². The minimum Gasteiger partial charge on any atom is -0.352 e. The molecule has 5 nitrogen and oxygen atoms in total. The van der Waals surface area contributed by atoms with Crippen molar-refractivity contribution in [1.82, 2.24) is 9.62 Å². The first-order valence-corrected chi connectivity index (χ1v) is 10.6. The Morgan fingerprint density at radius 3 is 2.33 bits per heavy atom. The van der Waals surface area contributed by atoms with Crippen molar-refractivity contribution in [3.63, 3.8) is 0 Å². The number of nitrogens with one attached hydrogen (secondary N) is 1. The fourth-order valence-electron chi connectivity index (χ4n) is 3.23. The summed E-state index contributed by atoms with van der Waals surface area (Å²) < 4.78 is 40.2. The van der Waals surface area contributed by atoms with Crippen molar-refractivity contribution >= 4 is 15.9 Å². The molecule has 3 rings (SSSR count). The van der Waals surface area contributed by atoms with Crippen molar-refractivity contribution in [2.45, 2.75) is 25.1 Å². The predicted octanol–water partition coefficient (Wildman–Crippen LogP) is 2.68. The van der Waals surface area contributed by atoms with Crippen molar-refractivity contribution in [2.24, 2.45) is 5.92 Å². The molecule has 7 heteroatoms. The van der Waals surface area contributed by atoms with Crippen molar-refractivity contribution in [1.29, 1.82) is 0 Å². The Balaban J connectivity index is 1.52. The molecule has 1 saturated heterocycles.